The molecule has 1 N–H and O–H groups in total. The van der Waals surface area contributed by atoms with Crippen molar-refractivity contribution in [2.45, 2.75) is 31.6 Å². The number of rotatable bonds is 2. The van der Waals surface area contributed by atoms with Gasteiger partial charge in [-0.05, 0) is 56.5 Å². The van der Waals surface area contributed by atoms with Gasteiger partial charge >= 0.3 is 6.03 Å². The average molecular weight is 430 g/mol. The summed E-state index contributed by atoms with van der Waals surface area (Å²) in [6.45, 7) is 5.18. The largest absolute Gasteiger partial charge is 0.324 e. The highest BCUT2D eigenvalue weighted by molar-refractivity contribution is 8.02. The normalized spacial score (nSPS) is 18.4. The number of anilines is 2. The number of hydrogen-bond donors (Lipinski definition) is 1. The number of carbonyl (C=O) groups excluding carboxylic acids is 2. The fourth-order valence-corrected chi connectivity index (χ4v) is 5.44. The first kappa shape index (κ1) is 20.1. The highest BCUT2D eigenvalue weighted by Crippen LogP contribution is 2.46. The summed E-state index contributed by atoms with van der Waals surface area (Å²) < 4.78 is 0. The molecule has 0 saturated carbocycles. The number of urea groups is 1. The Labute approximate surface area is 180 Å². The van der Waals surface area contributed by atoms with Crippen LogP contribution in [-0.4, -0.2) is 40.6 Å². The lowest BCUT2D eigenvalue weighted by Crippen LogP contribution is -2.53. The molecule has 5 nitrogen and oxygen atoms in total. The predicted octanol–water partition coefficient (Wildman–Crippen LogP) is 5.06. The zero-order valence-electron chi connectivity index (χ0n) is 16.6. The Morgan fingerprint density at radius 2 is 1.79 bits per heavy atom. The van der Waals surface area contributed by atoms with E-state index < -0.39 is 0 Å². The number of carbonyl (C=O) groups is 2. The van der Waals surface area contributed by atoms with E-state index in [9.17, 15) is 9.59 Å². The molecule has 29 heavy (non-hydrogen) atoms. The van der Waals surface area contributed by atoms with Crippen molar-refractivity contribution >= 4 is 46.7 Å². The second-order valence-corrected chi connectivity index (χ2v) is 9.43. The first-order valence-corrected chi connectivity index (χ1v) is 11.1. The van der Waals surface area contributed by atoms with Crippen LogP contribution >= 0.6 is 23.4 Å². The second-order valence-electron chi connectivity index (χ2n) is 7.68. The number of hydrogen-bond acceptors (Lipinski definition) is 3. The van der Waals surface area contributed by atoms with Crippen LogP contribution in [0.2, 0.25) is 5.02 Å². The summed E-state index contributed by atoms with van der Waals surface area (Å²) in [5, 5.41) is 3.57. The first-order chi connectivity index (χ1) is 13.9. The Balaban J connectivity index is 1.44. The highest BCUT2D eigenvalue weighted by Gasteiger charge is 2.49. The molecule has 0 atom stereocenters. The van der Waals surface area contributed by atoms with Crippen LogP contribution in [0, 0.1) is 13.8 Å². The van der Waals surface area contributed by atoms with Crippen molar-refractivity contribution in [1.82, 2.24) is 4.90 Å². The van der Waals surface area contributed by atoms with Crippen LogP contribution in [0.4, 0.5) is 16.2 Å². The molecule has 7 heteroatoms. The maximum Gasteiger partial charge on any atom is 0.321 e. The molecule has 2 saturated heterocycles. The maximum absolute atomic E-state index is 12.7. The van der Waals surface area contributed by atoms with Gasteiger partial charge in [-0.15, -0.1) is 11.8 Å². The molecule has 1 spiro atoms. The Kier molecular flexibility index (Phi) is 5.49. The Morgan fingerprint density at radius 3 is 2.45 bits per heavy atom. The first-order valence-electron chi connectivity index (χ1n) is 9.74. The van der Waals surface area contributed by atoms with Gasteiger partial charge in [0, 0.05) is 29.5 Å². The van der Waals surface area contributed by atoms with E-state index in [2.05, 4.69) is 5.32 Å². The molecular formula is C22H24ClN3O2S. The van der Waals surface area contributed by atoms with Crippen LogP contribution in [0.15, 0.2) is 42.5 Å². The summed E-state index contributed by atoms with van der Waals surface area (Å²) in [6, 6.07) is 13.5. The number of piperidine rings is 1. The molecule has 2 heterocycles. The van der Waals surface area contributed by atoms with Gasteiger partial charge in [0.2, 0.25) is 5.91 Å². The fraction of sp³-hybridized carbons (Fsp3) is 0.364. The van der Waals surface area contributed by atoms with Crippen molar-refractivity contribution < 1.29 is 9.59 Å². The van der Waals surface area contributed by atoms with Gasteiger partial charge in [0.25, 0.3) is 0 Å². The zero-order valence-corrected chi connectivity index (χ0v) is 18.1. The second kappa shape index (κ2) is 7.92. The van der Waals surface area contributed by atoms with Gasteiger partial charge in [0.05, 0.1) is 10.6 Å². The summed E-state index contributed by atoms with van der Waals surface area (Å²) >= 11 is 7.86. The molecule has 2 aliphatic rings. The number of nitrogens with one attached hydrogen (secondary N) is 1. The molecule has 0 unspecified atom stereocenters. The zero-order chi connectivity index (χ0) is 20.6. The van der Waals surface area contributed by atoms with Crippen LogP contribution in [0.3, 0.4) is 0 Å². The van der Waals surface area contributed by atoms with Crippen molar-refractivity contribution in [3.05, 3.63) is 58.6 Å². The number of amides is 3. The third kappa shape index (κ3) is 3.96. The monoisotopic (exact) mass is 429 g/mol. The minimum Gasteiger partial charge on any atom is -0.324 e. The van der Waals surface area contributed by atoms with Crippen LogP contribution in [0.25, 0.3) is 0 Å². The Hall–Kier alpha value is -2.18. The number of thioether (sulfide) groups is 1. The van der Waals surface area contributed by atoms with E-state index in [-0.39, 0.29) is 16.8 Å². The quantitative estimate of drug-likeness (QED) is 0.725. The van der Waals surface area contributed by atoms with Crippen molar-refractivity contribution in [3.8, 4) is 0 Å². The van der Waals surface area contributed by atoms with E-state index in [1.54, 1.807) is 17.8 Å². The molecule has 2 aliphatic heterocycles. The van der Waals surface area contributed by atoms with Crippen molar-refractivity contribution in [2.24, 2.45) is 0 Å². The van der Waals surface area contributed by atoms with Gasteiger partial charge in [-0.2, -0.15) is 0 Å². The third-order valence-corrected chi connectivity index (χ3v) is 7.60. The summed E-state index contributed by atoms with van der Waals surface area (Å²) in [7, 11) is 0. The van der Waals surface area contributed by atoms with Crippen LogP contribution < -0.4 is 10.2 Å². The topological polar surface area (TPSA) is 52.7 Å². The lowest BCUT2D eigenvalue weighted by atomic mass is 10.0. The molecule has 3 amide bonds. The molecule has 2 aromatic carbocycles. The summed E-state index contributed by atoms with van der Waals surface area (Å²) in [4.78, 5) is 28.9. The van der Waals surface area contributed by atoms with Gasteiger partial charge in [-0.25, -0.2) is 4.79 Å². The average Bonchev–Trinajstić information content (AvgIpc) is 3.02. The Morgan fingerprint density at radius 1 is 1.10 bits per heavy atom. The minimum atomic E-state index is -0.268. The molecular weight excluding hydrogens is 406 g/mol. The highest BCUT2D eigenvalue weighted by atomic mass is 35.5. The number of aryl methyl sites for hydroxylation is 2. The molecule has 4 rings (SSSR count). The predicted molar refractivity (Wildman–Crippen MR) is 120 cm³/mol. The lowest BCUT2D eigenvalue weighted by Gasteiger charge is -2.43. The lowest BCUT2D eigenvalue weighted by molar-refractivity contribution is -0.116. The fourth-order valence-electron chi connectivity index (χ4n) is 3.93. The van der Waals surface area contributed by atoms with Gasteiger partial charge in [0.1, 0.15) is 0 Å². The van der Waals surface area contributed by atoms with E-state index in [1.165, 1.54) is 5.56 Å². The number of nitrogens with zero attached hydrogens (tertiary/aromatic N) is 2. The van der Waals surface area contributed by atoms with Crippen molar-refractivity contribution in [2.75, 3.05) is 29.1 Å². The summed E-state index contributed by atoms with van der Waals surface area (Å²) in [6.07, 6.45) is 1.50. The van der Waals surface area contributed by atoms with E-state index in [4.69, 9.17) is 11.6 Å². The molecule has 0 radical (unpaired) electrons. The van der Waals surface area contributed by atoms with E-state index >= 15 is 0 Å². The molecule has 0 bridgehead atoms. The summed E-state index contributed by atoms with van der Waals surface area (Å²) in [5.74, 6) is 0.633. The minimum absolute atomic E-state index is 0.129. The van der Waals surface area contributed by atoms with Gasteiger partial charge in [-0.3, -0.25) is 9.69 Å². The van der Waals surface area contributed by atoms with E-state index in [0.717, 1.165) is 24.1 Å². The Bertz CT molecular complexity index is 940. The van der Waals surface area contributed by atoms with E-state index in [1.807, 2.05) is 60.0 Å². The number of likely N-dealkylation sites (tertiary alicyclic amines) is 1. The molecule has 2 fully saturated rings. The van der Waals surface area contributed by atoms with Crippen LogP contribution in [0.1, 0.15) is 24.0 Å². The van der Waals surface area contributed by atoms with Gasteiger partial charge < -0.3 is 10.2 Å². The van der Waals surface area contributed by atoms with Crippen molar-refractivity contribution in [3.63, 3.8) is 0 Å². The standard InChI is InChI=1S/C22H24ClN3O2S/c1-15-3-7-18(8-4-15)26-20(27)14-29-22(26)9-11-25(12-10-22)21(28)24-17-6-5-16(2)19(23)13-17/h3-8,13H,9-12,14H2,1-2H3,(H,24,28). The molecule has 152 valence electrons. The molecule has 0 aromatic heterocycles. The molecule has 0 aliphatic carbocycles. The van der Waals surface area contributed by atoms with Gasteiger partial charge in [0.15, 0.2) is 0 Å². The third-order valence-electron chi connectivity index (χ3n) is 5.67. The number of benzene rings is 2. The number of halogens is 1. The van der Waals surface area contributed by atoms with Crippen molar-refractivity contribution in [1.29, 1.82) is 0 Å². The maximum atomic E-state index is 12.7. The molecule has 2 aromatic rings. The smallest absolute Gasteiger partial charge is 0.321 e. The van der Waals surface area contributed by atoms with Crippen LogP contribution in [0.5, 0.6) is 0 Å². The van der Waals surface area contributed by atoms with E-state index in [0.29, 0.717) is 29.6 Å². The SMILES string of the molecule is Cc1ccc(N2C(=O)CSC23CCN(C(=O)Nc2ccc(C)c(Cl)c2)CC3)cc1. The summed E-state index contributed by atoms with van der Waals surface area (Å²) in [5.41, 5.74) is 3.78. The van der Waals surface area contributed by atoms with Gasteiger partial charge in [-0.1, -0.05) is 35.4 Å². The van der Waals surface area contributed by atoms with Crippen LogP contribution in [-0.2, 0) is 4.79 Å².